The smallest absolute Gasteiger partial charge is 0.276 e. The molecule has 3 aromatic heterocycles. The van der Waals surface area contributed by atoms with E-state index in [1.165, 1.54) is 41.9 Å². The Morgan fingerprint density at radius 3 is 2.93 bits per heavy atom. The van der Waals surface area contributed by atoms with Gasteiger partial charge in [0.15, 0.2) is 0 Å². The predicted molar refractivity (Wildman–Crippen MR) is 112 cm³/mol. The lowest BCUT2D eigenvalue weighted by molar-refractivity contribution is -0.915. The van der Waals surface area contributed by atoms with E-state index in [1.54, 1.807) is 14.3 Å². The van der Waals surface area contributed by atoms with E-state index in [9.17, 15) is 0 Å². The molecule has 0 amide bonds. The second-order valence-electron chi connectivity index (χ2n) is 8.10. The highest BCUT2D eigenvalue weighted by Gasteiger charge is 2.27. The Morgan fingerprint density at radius 1 is 1.17 bits per heavy atom. The zero-order chi connectivity index (χ0) is 19.6. The van der Waals surface area contributed by atoms with Crippen molar-refractivity contribution in [2.45, 2.75) is 32.7 Å². The van der Waals surface area contributed by atoms with Crippen molar-refractivity contribution in [1.29, 1.82) is 0 Å². The minimum absolute atomic E-state index is 0.579. The molecule has 2 aliphatic heterocycles. The van der Waals surface area contributed by atoms with Crippen LogP contribution >= 0.6 is 11.3 Å². The number of hydrogen-bond acceptors (Lipinski definition) is 7. The highest BCUT2D eigenvalue weighted by atomic mass is 32.1. The van der Waals surface area contributed by atoms with Crippen LogP contribution in [-0.2, 0) is 17.7 Å². The first kappa shape index (κ1) is 19.1. The summed E-state index contributed by atoms with van der Waals surface area (Å²) in [6, 6.07) is 0. The van der Waals surface area contributed by atoms with E-state index >= 15 is 0 Å². The molecule has 0 bridgehead atoms. The van der Waals surface area contributed by atoms with Gasteiger partial charge in [0.2, 0.25) is 0 Å². The van der Waals surface area contributed by atoms with Gasteiger partial charge in [0, 0.05) is 19.4 Å². The second-order valence-corrected chi connectivity index (χ2v) is 9.19. The van der Waals surface area contributed by atoms with E-state index in [4.69, 9.17) is 9.72 Å². The summed E-state index contributed by atoms with van der Waals surface area (Å²) in [5, 5.41) is 17.0. The van der Waals surface area contributed by atoms with E-state index < -0.39 is 0 Å². The van der Waals surface area contributed by atoms with Gasteiger partial charge in [0.1, 0.15) is 30.3 Å². The number of nitrogens with one attached hydrogen (secondary N) is 3. The van der Waals surface area contributed by atoms with E-state index in [0.29, 0.717) is 5.78 Å². The number of ether oxygens (including phenoxy) is 1. The standard InChI is InChI=1S/C19H28N8OS/c1-2-6-26-8-4-14-15(13-26)29-18-16(14)17(21-19-22-23-24-27(18)19)20-5-3-7-25-9-11-28-12-10-25/h2-13H2,1H3,(H,20,21,22,24)/p+2. The van der Waals surface area contributed by atoms with Gasteiger partial charge in [0.25, 0.3) is 5.78 Å². The largest absolute Gasteiger partial charge is 0.370 e. The van der Waals surface area contributed by atoms with Crippen molar-refractivity contribution < 1.29 is 14.5 Å². The molecule has 0 aromatic carbocycles. The van der Waals surface area contributed by atoms with Crippen molar-refractivity contribution in [3.05, 3.63) is 10.4 Å². The summed E-state index contributed by atoms with van der Waals surface area (Å²) in [5.41, 5.74) is 1.45. The quantitative estimate of drug-likeness (QED) is 0.418. The van der Waals surface area contributed by atoms with E-state index in [-0.39, 0.29) is 0 Å². The van der Waals surface area contributed by atoms with Crippen LogP contribution in [0.25, 0.3) is 16.0 Å². The molecule has 9 nitrogen and oxygen atoms in total. The molecule has 10 heteroatoms. The molecule has 1 unspecified atom stereocenters. The third kappa shape index (κ3) is 3.81. The summed E-state index contributed by atoms with van der Waals surface area (Å²) >= 11 is 1.84. The van der Waals surface area contributed by atoms with Crippen molar-refractivity contribution in [1.82, 2.24) is 25.0 Å². The van der Waals surface area contributed by atoms with Crippen molar-refractivity contribution >= 4 is 33.1 Å². The third-order valence-electron chi connectivity index (χ3n) is 6.11. The number of thiophene rings is 1. The van der Waals surface area contributed by atoms with E-state index in [2.05, 4.69) is 27.8 Å². The molecule has 5 heterocycles. The zero-order valence-corrected chi connectivity index (χ0v) is 17.9. The Labute approximate surface area is 174 Å². The number of quaternary nitrogens is 2. The van der Waals surface area contributed by atoms with Crippen LogP contribution in [0.3, 0.4) is 0 Å². The number of fused-ring (bicyclic) bond motifs is 5. The van der Waals surface area contributed by atoms with Crippen LogP contribution in [0.2, 0.25) is 0 Å². The molecule has 3 N–H and O–H groups in total. The highest BCUT2D eigenvalue weighted by Crippen LogP contribution is 2.36. The maximum absolute atomic E-state index is 5.46. The van der Waals surface area contributed by atoms with Crippen molar-refractivity contribution in [3.63, 3.8) is 0 Å². The number of nitrogens with zero attached hydrogens (tertiary/aromatic N) is 5. The van der Waals surface area contributed by atoms with Crippen LogP contribution in [0, 0.1) is 0 Å². The fourth-order valence-corrected chi connectivity index (χ4v) is 5.97. The first-order chi connectivity index (χ1) is 14.3. The summed E-state index contributed by atoms with van der Waals surface area (Å²) in [6.07, 6.45) is 3.45. The molecule has 29 heavy (non-hydrogen) atoms. The summed E-state index contributed by atoms with van der Waals surface area (Å²) in [5.74, 6) is 1.53. The molecule has 0 saturated carbocycles. The average molecular weight is 419 g/mol. The fourth-order valence-electron chi connectivity index (χ4n) is 4.61. The average Bonchev–Trinajstić information content (AvgIpc) is 3.36. The fraction of sp³-hybridized carbons (Fsp3) is 0.684. The van der Waals surface area contributed by atoms with Gasteiger partial charge in [0.05, 0.1) is 43.1 Å². The molecule has 1 atom stereocenters. The second kappa shape index (κ2) is 8.47. The Morgan fingerprint density at radius 2 is 2.07 bits per heavy atom. The van der Waals surface area contributed by atoms with Crippen LogP contribution in [0.4, 0.5) is 5.82 Å². The number of anilines is 1. The molecule has 1 saturated heterocycles. The number of morpholine rings is 1. The normalized spacial score (nSPS) is 20.4. The summed E-state index contributed by atoms with van der Waals surface area (Å²) in [7, 11) is 0. The maximum Gasteiger partial charge on any atom is 0.276 e. The van der Waals surface area contributed by atoms with Crippen molar-refractivity contribution in [3.8, 4) is 0 Å². The molecule has 5 rings (SSSR count). The van der Waals surface area contributed by atoms with Crippen LogP contribution < -0.4 is 15.1 Å². The molecular weight excluding hydrogens is 388 g/mol. The van der Waals surface area contributed by atoms with Crippen LogP contribution in [0.1, 0.15) is 30.2 Å². The van der Waals surface area contributed by atoms with Crippen molar-refractivity contribution in [2.24, 2.45) is 0 Å². The summed E-state index contributed by atoms with van der Waals surface area (Å²) < 4.78 is 7.26. The van der Waals surface area contributed by atoms with Crippen LogP contribution in [0.15, 0.2) is 0 Å². The SMILES string of the molecule is CCC[NH+]1CCc2c(sc3c2c(NCCC[NH+]2CCOCC2)nc2nnnn23)C1. The molecule has 0 aliphatic carbocycles. The monoisotopic (exact) mass is 418 g/mol. The minimum atomic E-state index is 0.579. The van der Waals surface area contributed by atoms with Gasteiger partial charge < -0.3 is 19.9 Å². The van der Waals surface area contributed by atoms with Crippen molar-refractivity contribution in [2.75, 3.05) is 57.8 Å². The Hall–Kier alpha value is -1.88. The molecule has 2 aliphatic rings. The summed E-state index contributed by atoms with van der Waals surface area (Å²) in [4.78, 5) is 10.7. The molecule has 3 aromatic rings. The van der Waals surface area contributed by atoms with Gasteiger partial charge in [-0.05, 0) is 22.4 Å². The van der Waals surface area contributed by atoms with E-state index in [0.717, 1.165) is 62.9 Å². The van der Waals surface area contributed by atoms with E-state index in [1.807, 2.05) is 11.3 Å². The molecule has 0 spiro atoms. The molecule has 1 fully saturated rings. The van der Waals surface area contributed by atoms with Crippen LogP contribution in [0.5, 0.6) is 0 Å². The summed E-state index contributed by atoms with van der Waals surface area (Å²) in [6.45, 7) is 11.9. The number of tetrazole rings is 1. The zero-order valence-electron chi connectivity index (χ0n) is 17.0. The molecular formula is C19H30N8OS+2. The lowest BCUT2D eigenvalue weighted by Crippen LogP contribution is -3.14. The number of hydrogen-bond donors (Lipinski definition) is 3. The van der Waals surface area contributed by atoms with Gasteiger partial charge in [-0.1, -0.05) is 12.0 Å². The number of aromatic nitrogens is 5. The Kier molecular flexibility index (Phi) is 5.58. The topological polar surface area (TPSA) is 86.1 Å². The minimum Gasteiger partial charge on any atom is -0.370 e. The van der Waals surface area contributed by atoms with Gasteiger partial charge in [-0.15, -0.1) is 11.3 Å². The Balaban J connectivity index is 1.38. The van der Waals surface area contributed by atoms with Gasteiger partial charge in [-0.25, -0.2) is 0 Å². The maximum atomic E-state index is 5.46. The highest BCUT2D eigenvalue weighted by molar-refractivity contribution is 7.19. The Bertz CT molecular complexity index is 980. The van der Waals surface area contributed by atoms with Gasteiger partial charge in [-0.3, -0.25) is 0 Å². The molecule has 0 radical (unpaired) electrons. The van der Waals surface area contributed by atoms with Crippen LogP contribution in [-0.4, -0.2) is 77.5 Å². The number of rotatable bonds is 7. The first-order valence-corrected chi connectivity index (χ1v) is 11.7. The lowest BCUT2D eigenvalue weighted by atomic mass is 10.0. The lowest BCUT2D eigenvalue weighted by Gasteiger charge is -2.24. The predicted octanol–water partition coefficient (Wildman–Crippen LogP) is -1.20. The molecule has 156 valence electrons. The van der Waals surface area contributed by atoms with Gasteiger partial charge in [-0.2, -0.15) is 9.50 Å². The first-order valence-electron chi connectivity index (χ1n) is 10.8. The third-order valence-corrected chi connectivity index (χ3v) is 7.32. The van der Waals surface area contributed by atoms with Gasteiger partial charge >= 0.3 is 0 Å².